The summed E-state index contributed by atoms with van der Waals surface area (Å²) in [6, 6.07) is 5.57. The molecular formula is C18H24N2O3. The first-order chi connectivity index (χ1) is 10.7. The standard InChI is InChI=1S/C18H24N2O3/c1-6-22-17(21)14-11(2)20-12-8-7-9-13(15(12)16(14)19)23-10-18(3,4)5/h7-9H,6,10H2,1-5H3,(H2,19,20). The molecule has 23 heavy (non-hydrogen) atoms. The van der Waals surface area contributed by atoms with Gasteiger partial charge in [0, 0.05) is 0 Å². The molecule has 124 valence electrons. The number of carbonyl (C=O) groups excluding carboxylic acids is 1. The van der Waals surface area contributed by atoms with E-state index in [0.29, 0.717) is 40.2 Å². The normalized spacial score (nSPS) is 11.5. The summed E-state index contributed by atoms with van der Waals surface area (Å²) in [6.45, 7) is 10.6. The maximum atomic E-state index is 12.2. The van der Waals surface area contributed by atoms with E-state index in [9.17, 15) is 4.79 Å². The first-order valence-electron chi connectivity index (χ1n) is 7.73. The third kappa shape index (κ3) is 3.73. The maximum Gasteiger partial charge on any atom is 0.342 e. The Bertz CT molecular complexity index is 733. The van der Waals surface area contributed by atoms with Crippen LogP contribution in [0.1, 0.15) is 43.7 Å². The average Bonchev–Trinajstić information content (AvgIpc) is 2.44. The molecule has 0 unspecified atom stereocenters. The lowest BCUT2D eigenvalue weighted by Crippen LogP contribution is -2.17. The van der Waals surface area contributed by atoms with Crippen LogP contribution in [0.3, 0.4) is 0 Å². The molecule has 5 heteroatoms. The van der Waals surface area contributed by atoms with Gasteiger partial charge in [-0.05, 0) is 31.4 Å². The van der Waals surface area contributed by atoms with Crippen molar-refractivity contribution in [3.05, 3.63) is 29.5 Å². The number of hydrogen-bond acceptors (Lipinski definition) is 5. The lowest BCUT2D eigenvalue weighted by Gasteiger charge is -2.20. The number of aryl methyl sites for hydroxylation is 1. The van der Waals surface area contributed by atoms with Crippen molar-refractivity contribution >= 4 is 22.6 Å². The molecule has 0 fully saturated rings. The van der Waals surface area contributed by atoms with Gasteiger partial charge in [0.15, 0.2) is 0 Å². The number of anilines is 1. The van der Waals surface area contributed by atoms with Crippen LogP contribution < -0.4 is 10.5 Å². The average molecular weight is 316 g/mol. The van der Waals surface area contributed by atoms with E-state index < -0.39 is 5.97 Å². The minimum Gasteiger partial charge on any atom is -0.492 e. The molecule has 5 nitrogen and oxygen atoms in total. The Kier molecular flexibility index (Phi) is 4.78. The van der Waals surface area contributed by atoms with Gasteiger partial charge in [0.2, 0.25) is 0 Å². The van der Waals surface area contributed by atoms with Crippen molar-refractivity contribution in [2.24, 2.45) is 5.41 Å². The Morgan fingerprint density at radius 2 is 2.00 bits per heavy atom. The monoisotopic (exact) mass is 316 g/mol. The Balaban J connectivity index is 2.58. The van der Waals surface area contributed by atoms with Gasteiger partial charge in [0.05, 0.1) is 35.5 Å². The number of pyridine rings is 1. The largest absolute Gasteiger partial charge is 0.492 e. The molecule has 0 spiro atoms. The van der Waals surface area contributed by atoms with Crippen molar-refractivity contribution < 1.29 is 14.3 Å². The SMILES string of the molecule is CCOC(=O)c1c(C)nc2cccc(OCC(C)(C)C)c2c1N. The number of nitrogens with two attached hydrogens (primary N) is 1. The van der Waals surface area contributed by atoms with Gasteiger partial charge in [-0.1, -0.05) is 26.8 Å². The molecule has 0 saturated heterocycles. The molecule has 1 aromatic carbocycles. The molecule has 0 saturated carbocycles. The highest BCUT2D eigenvalue weighted by atomic mass is 16.5. The molecule has 0 amide bonds. The van der Waals surface area contributed by atoms with E-state index in [1.807, 2.05) is 18.2 Å². The van der Waals surface area contributed by atoms with E-state index in [0.717, 1.165) is 0 Å². The van der Waals surface area contributed by atoms with Crippen molar-refractivity contribution in [2.45, 2.75) is 34.6 Å². The lowest BCUT2D eigenvalue weighted by atomic mass is 9.98. The molecule has 2 rings (SSSR count). The van der Waals surface area contributed by atoms with Gasteiger partial charge in [-0.25, -0.2) is 4.79 Å². The zero-order chi connectivity index (χ0) is 17.2. The van der Waals surface area contributed by atoms with E-state index in [4.69, 9.17) is 15.2 Å². The quantitative estimate of drug-likeness (QED) is 0.870. The van der Waals surface area contributed by atoms with Crippen LogP contribution >= 0.6 is 0 Å². The fourth-order valence-corrected chi connectivity index (χ4v) is 2.32. The number of nitrogen functional groups attached to an aromatic ring is 1. The lowest BCUT2D eigenvalue weighted by molar-refractivity contribution is 0.0526. The highest BCUT2D eigenvalue weighted by Crippen LogP contribution is 2.34. The zero-order valence-corrected chi connectivity index (χ0v) is 14.4. The number of rotatable bonds is 4. The van der Waals surface area contributed by atoms with E-state index >= 15 is 0 Å². The van der Waals surface area contributed by atoms with Crippen LogP contribution in [0, 0.1) is 12.3 Å². The van der Waals surface area contributed by atoms with Gasteiger partial charge in [0.1, 0.15) is 11.3 Å². The molecule has 0 radical (unpaired) electrons. The summed E-state index contributed by atoms with van der Waals surface area (Å²) < 4.78 is 11.0. The first kappa shape index (κ1) is 17.1. The number of esters is 1. The van der Waals surface area contributed by atoms with Gasteiger partial charge in [-0.3, -0.25) is 4.98 Å². The minimum absolute atomic E-state index is 0.0129. The smallest absolute Gasteiger partial charge is 0.342 e. The zero-order valence-electron chi connectivity index (χ0n) is 14.4. The van der Waals surface area contributed by atoms with Crippen molar-refractivity contribution in [1.29, 1.82) is 0 Å². The van der Waals surface area contributed by atoms with Gasteiger partial charge in [-0.2, -0.15) is 0 Å². The van der Waals surface area contributed by atoms with E-state index in [1.54, 1.807) is 13.8 Å². The molecule has 0 aliphatic carbocycles. The summed E-state index contributed by atoms with van der Waals surface area (Å²) in [6.07, 6.45) is 0. The van der Waals surface area contributed by atoms with Crippen LogP contribution in [0.5, 0.6) is 5.75 Å². The second-order valence-electron chi connectivity index (χ2n) is 6.71. The number of benzene rings is 1. The molecule has 1 heterocycles. The molecule has 0 aliphatic rings. The van der Waals surface area contributed by atoms with Gasteiger partial charge in [-0.15, -0.1) is 0 Å². The summed E-state index contributed by atoms with van der Waals surface area (Å²) in [4.78, 5) is 16.7. The van der Waals surface area contributed by atoms with E-state index in [2.05, 4.69) is 25.8 Å². The van der Waals surface area contributed by atoms with Crippen LogP contribution in [0.2, 0.25) is 0 Å². The Labute approximate surface area is 136 Å². The third-order valence-electron chi connectivity index (χ3n) is 3.33. The summed E-state index contributed by atoms with van der Waals surface area (Å²) >= 11 is 0. The van der Waals surface area contributed by atoms with Gasteiger partial charge >= 0.3 is 5.97 Å². The highest BCUT2D eigenvalue weighted by molar-refractivity contribution is 6.07. The first-order valence-corrected chi connectivity index (χ1v) is 7.73. The van der Waals surface area contributed by atoms with Crippen molar-refractivity contribution in [3.8, 4) is 5.75 Å². The number of carbonyl (C=O) groups is 1. The second kappa shape index (κ2) is 6.44. The maximum absolute atomic E-state index is 12.2. The summed E-state index contributed by atoms with van der Waals surface area (Å²) in [5.41, 5.74) is 8.22. The fraction of sp³-hybridized carbons (Fsp3) is 0.444. The highest BCUT2D eigenvalue weighted by Gasteiger charge is 2.21. The minimum atomic E-state index is -0.456. The molecule has 2 aromatic rings. The Morgan fingerprint density at radius 1 is 1.30 bits per heavy atom. The second-order valence-corrected chi connectivity index (χ2v) is 6.71. The van der Waals surface area contributed by atoms with Gasteiger partial charge < -0.3 is 15.2 Å². The van der Waals surface area contributed by atoms with Crippen molar-refractivity contribution in [1.82, 2.24) is 4.98 Å². The van der Waals surface area contributed by atoms with Crippen LogP contribution in [0.15, 0.2) is 18.2 Å². The molecule has 0 aliphatic heterocycles. The number of aromatic nitrogens is 1. The number of fused-ring (bicyclic) bond motifs is 1. The number of ether oxygens (including phenoxy) is 2. The number of nitrogens with zero attached hydrogens (tertiary/aromatic N) is 1. The predicted octanol–water partition coefficient (Wildman–Crippen LogP) is 3.73. The molecule has 2 N–H and O–H groups in total. The van der Waals surface area contributed by atoms with Gasteiger partial charge in [0.25, 0.3) is 0 Å². The molecule has 1 aromatic heterocycles. The van der Waals surface area contributed by atoms with Crippen molar-refractivity contribution in [3.63, 3.8) is 0 Å². The Morgan fingerprint density at radius 3 is 2.61 bits per heavy atom. The molecular weight excluding hydrogens is 292 g/mol. The van der Waals surface area contributed by atoms with Crippen LogP contribution in [0.4, 0.5) is 5.69 Å². The molecule has 0 bridgehead atoms. The van der Waals surface area contributed by atoms with E-state index in [1.165, 1.54) is 0 Å². The summed E-state index contributed by atoms with van der Waals surface area (Å²) in [5, 5.41) is 0.658. The fourth-order valence-electron chi connectivity index (χ4n) is 2.32. The summed E-state index contributed by atoms with van der Waals surface area (Å²) in [7, 11) is 0. The molecule has 0 atom stereocenters. The Hall–Kier alpha value is -2.30. The summed E-state index contributed by atoms with van der Waals surface area (Å²) in [5.74, 6) is 0.176. The van der Waals surface area contributed by atoms with Crippen LogP contribution in [0.25, 0.3) is 10.9 Å². The van der Waals surface area contributed by atoms with Crippen molar-refractivity contribution in [2.75, 3.05) is 18.9 Å². The van der Waals surface area contributed by atoms with E-state index in [-0.39, 0.29) is 12.0 Å². The van der Waals surface area contributed by atoms with Crippen LogP contribution in [-0.4, -0.2) is 24.2 Å². The predicted molar refractivity (Wildman–Crippen MR) is 91.8 cm³/mol. The topological polar surface area (TPSA) is 74.4 Å². The van der Waals surface area contributed by atoms with Crippen LogP contribution in [-0.2, 0) is 4.74 Å². The third-order valence-corrected chi connectivity index (χ3v) is 3.33. The number of hydrogen-bond donors (Lipinski definition) is 1.